The number of benzene rings is 1. The van der Waals surface area contributed by atoms with Gasteiger partial charge >= 0.3 is 0 Å². The van der Waals surface area contributed by atoms with Gasteiger partial charge in [0.15, 0.2) is 11.6 Å². The molecule has 1 aromatic carbocycles. The van der Waals surface area contributed by atoms with Crippen LogP contribution in [0.5, 0.6) is 5.75 Å². The fourth-order valence-electron chi connectivity index (χ4n) is 1.69. The Morgan fingerprint density at radius 3 is 2.61 bits per heavy atom. The highest BCUT2D eigenvalue weighted by Gasteiger charge is 2.26. The first kappa shape index (κ1) is 14.9. The van der Waals surface area contributed by atoms with Crippen molar-refractivity contribution in [3.63, 3.8) is 0 Å². The van der Waals surface area contributed by atoms with E-state index < -0.39 is 11.4 Å². The van der Waals surface area contributed by atoms with Gasteiger partial charge in [-0.1, -0.05) is 6.07 Å². The number of hydrogen-bond donors (Lipinski definition) is 2. The van der Waals surface area contributed by atoms with Gasteiger partial charge in [0.25, 0.3) is 0 Å². The van der Waals surface area contributed by atoms with Crippen LogP contribution in [0.25, 0.3) is 0 Å². The van der Waals surface area contributed by atoms with Crippen molar-refractivity contribution in [1.82, 2.24) is 5.32 Å². The van der Waals surface area contributed by atoms with E-state index in [1.165, 1.54) is 13.2 Å². The van der Waals surface area contributed by atoms with Crippen molar-refractivity contribution < 1.29 is 19.0 Å². The third kappa shape index (κ3) is 3.41. The van der Waals surface area contributed by atoms with Gasteiger partial charge in [0, 0.05) is 13.7 Å². The molecular formula is C13H20FNO3. The van der Waals surface area contributed by atoms with Gasteiger partial charge in [0.2, 0.25) is 0 Å². The molecule has 0 heterocycles. The van der Waals surface area contributed by atoms with E-state index in [4.69, 9.17) is 9.47 Å². The molecule has 0 amide bonds. The highest BCUT2D eigenvalue weighted by atomic mass is 19.1. The Bertz CT molecular complexity index is 386. The number of aliphatic hydroxyl groups is 1. The van der Waals surface area contributed by atoms with Crippen LogP contribution in [0.2, 0.25) is 0 Å². The summed E-state index contributed by atoms with van der Waals surface area (Å²) in [6.07, 6.45) is 0. The fourth-order valence-corrected chi connectivity index (χ4v) is 1.69. The number of rotatable bonds is 7. The number of ether oxygens (including phenoxy) is 2. The van der Waals surface area contributed by atoms with Gasteiger partial charge in [-0.3, -0.25) is 0 Å². The minimum Gasteiger partial charge on any atom is -0.494 e. The summed E-state index contributed by atoms with van der Waals surface area (Å²) in [6.45, 7) is 2.77. The Kier molecular flexibility index (Phi) is 5.53. The molecule has 0 aromatic heterocycles. The molecule has 2 N–H and O–H groups in total. The first-order valence-corrected chi connectivity index (χ1v) is 5.76. The molecule has 102 valence electrons. The monoisotopic (exact) mass is 257 g/mol. The molecule has 1 atom stereocenters. The van der Waals surface area contributed by atoms with Gasteiger partial charge in [-0.05, 0) is 24.6 Å². The van der Waals surface area contributed by atoms with Gasteiger partial charge in [-0.15, -0.1) is 0 Å². The van der Waals surface area contributed by atoms with Crippen LogP contribution in [0.3, 0.4) is 0 Å². The molecule has 0 saturated heterocycles. The van der Waals surface area contributed by atoms with Gasteiger partial charge in [0.05, 0.1) is 25.9 Å². The lowest BCUT2D eigenvalue weighted by Crippen LogP contribution is -2.44. The minimum atomic E-state index is -0.703. The molecule has 4 nitrogen and oxygen atoms in total. The highest BCUT2D eigenvalue weighted by molar-refractivity contribution is 5.33. The van der Waals surface area contributed by atoms with Crippen molar-refractivity contribution in [2.75, 3.05) is 34.0 Å². The predicted octanol–water partition coefficient (Wildman–Crippen LogP) is 1.28. The van der Waals surface area contributed by atoms with E-state index >= 15 is 0 Å². The lowest BCUT2D eigenvalue weighted by atomic mass is 9.92. The van der Waals surface area contributed by atoms with E-state index in [0.29, 0.717) is 18.7 Å². The normalized spacial score (nSPS) is 14.3. The lowest BCUT2D eigenvalue weighted by Gasteiger charge is -2.29. The van der Waals surface area contributed by atoms with Crippen LogP contribution in [0.1, 0.15) is 12.5 Å². The van der Waals surface area contributed by atoms with E-state index in [1.807, 2.05) is 6.92 Å². The maximum absolute atomic E-state index is 13.6. The molecular weight excluding hydrogens is 237 g/mol. The number of methoxy groups -OCH3 is 2. The fraction of sp³-hybridized carbons (Fsp3) is 0.538. The van der Waals surface area contributed by atoms with Crippen LogP contribution in [-0.4, -0.2) is 39.1 Å². The maximum Gasteiger partial charge on any atom is 0.165 e. The van der Waals surface area contributed by atoms with Gasteiger partial charge in [-0.25, -0.2) is 4.39 Å². The molecule has 1 unspecified atom stereocenters. The van der Waals surface area contributed by atoms with Crippen LogP contribution >= 0.6 is 0 Å². The van der Waals surface area contributed by atoms with E-state index in [0.717, 1.165) is 0 Å². The summed E-state index contributed by atoms with van der Waals surface area (Å²) < 4.78 is 23.5. The van der Waals surface area contributed by atoms with Crippen LogP contribution in [0.4, 0.5) is 4.39 Å². The Morgan fingerprint density at radius 1 is 1.39 bits per heavy atom. The summed E-state index contributed by atoms with van der Waals surface area (Å²) >= 11 is 0. The zero-order valence-electron chi connectivity index (χ0n) is 11.0. The van der Waals surface area contributed by atoms with Crippen molar-refractivity contribution in [3.05, 3.63) is 29.6 Å². The summed E-state index contributed by atoms with van der Waals surface area (Å²) in [5, 5.41) is 12.6. The minimum absolute atomic E-state index is 0.136. The molecule has 18 heavy (non-hydrogen) atoms. The van der Waals surface area contributed by atoms with Gasteiger partial charge in [0.1, 0.15) is 0 Å². The third-order valence-corrected chi connectivity index (χ3v) is 2.93. The Hall–Kier alpha value is -1.17. The Labute approximate surface area is 107 Å². The molecule has 0 spiro atoms. The van der Waals surface area contributed by atoms with E-state index in [-0.39, 0.29) is 12.4 Å². The molecule has 1 rings (SSSR count). The smallest absolute Gasteiger partial charge is 0.165 e. The van der Waals surface area contributed by atoms with Gasteiger partial charge < -0.3 is 19.9 Å². The average molecular weight is 257 g/mol. The molecule has 1 aromatic rings. The number of hydrogen-bond acceptors (Lipinski definition) is 4. The van der Waals surface area contributed by atoms with Crippen molar-refractivity contribution in [1.29, 1.82) is 0 Å². The maximum atomic E-state index is 13.6. The van der Waals surface area contributed by atoms with Crippen molar-refractivity contribution >= 4 is 0 Å². The molecule has 0 aliphatic carbocycles. The molecule has 5 heteroatoms. The molecule has 0 bridgehead atoms. The lowest BCUT2D eigenvalue weighted by molar-refractivity contribution is 0.147. The summed E-state index contributed by atoms with van der Waals surface area (Å²) in [7, 11) is 3.02. The van der Waals surface area contributed by atoms with Crippen LogP contribution in [0, 0.1) is 5.82 Å². The quantitative estimate of drug-likeness (QED) is 0.722. The van der Waals surface area contributed by atoms with Gasteiger partial charge in [-0.2, -0.15) is 0 Å². The standard InChI is InChI=1S/C13H20FNO3/c1-13(9-16,15-6-7-17-2)10-4-5-12(18-3)11(14)8-10/h4-5,8,15-16H,6-7,9H2,1-3H3. The zero-order valence-corrected chi connectivity index (χ0v) is 11.0. The van der Waals surface area contributed by atoms with Crippen molar-refractivity contribution in [3.8, 4) is 5.75 Å². The largest absolute Gasteiger partial charge is 0.494 e. The van der Waals surface area contributed by atoms with E-state index in [1.54, 1.807) is 19.2 Å². The van der Waals surface area contributed by atoms with Crippen molar-refractivity contribution in [2.24, 2.45) is 0 Å². The zero-order chi connectivity index (χ0) is 13.6. The summed E-state index contributed by atoms with van der Waals surface area (Å²) in [5.74, 6) is -0.251. The number of aliphatic hydroxyl groups excluding tert-OH is 1. The average Bonchev–Trinajstić information content (AvgIpc) is 2.38. The summed E-state index contributed by atoms with van der Waals surface area (Å²) in [6, 6.07) is 4.66. The molecule has 0 radical (unpaired) electrons. The molecule has 0 saturated carbocycles. The topological polar surface area (TPSA) is 50.7 Å². The van der Waals surface area contributed by atoms with Crippen LogP contribution in [-0.2, 0) is 10.3 Å². The molecule has 0 aliphatic heterocycles. The first-order valence-electron chi connectivity index (χ1n) is 5.76. The van der Waals surface area contributed by atoms with Crippen LogP contribution < -0.4 is 10.1 Å². The number of nitrogens with one attached hydrogen (secondary N) is 1. The second kappa shape index (κ2) is 6.68. The second-order valence-electron chi connectivity index (χ2n) is 4.26. The Morgan fingerprint density at radius 2 is 2.11 bits per heavy atom. The molecule has 0 aliphatic rings. The Balaban J connectivity index is 2.89. The number of halogens is 1. The SMILES string of the molecule is COCCNC(C)(CO)c1ccc(OC)c(F)c1. The van der Waals surface area contributed by atoms with Crippen LogP contribution in [0.15, 0.2) is 18.2 Å². The summed E-state index contributed by atoms with van der Waals surface area (Å²) in [4.78, 5) is 0. The van der Waals surface area contributed by atoms with Crippen molar-refractivity contribution in [2.45, 2.75) is 12.5 Å². The highest BCUT2D eigenvalue weighted by Crippen LogP contribution is 2.25. The second-order valence-corrected chi connectivity index (χ2v) is 4.26. The summed E-state index contributed by atoms with van der Waals surface area (Å²) in [5.41, 5.74) is -0.0366. The molecule has 0 fully saturated rings. The predicted molar refractivity (Wildman–Crippen MR) is 67.3 cm³/mol. The van der Waals surface area contributed by atoms with E-state index in [9.17, 15) is 9.50 Å². The first-order chi connectivity index (χ1) is 8.57. The van der Waals surface area contributed by atoms with E-state index in [2.05, 4.69) is 5.32 Å². The third-order valence-electron chi connectivity index (χ3n) is 2.93.